The Morgan fingerprint density at radius 1 is 1.88 bits per heavy atom. The van der Waals surface area contributed by atoms with Crippen LogP contribution in [0.4, 0.5) is 0 Å². The summed E-state index contributed by atoms with van der Waals surface area (Å²) in [4.78, 5) is 0. The topological polar surface area (TPSA) is 18.5 Å². The highest BCUT2D eigenvalue weighted by Gasteiger charge is 2.06. The Balaban J connectivity index is 2.57. The molecule has 1 rings (SSSR count). The van der Waals surface area contributed by atoms with Gasteiger partial charge in [-0.05, 0) is 0 Å². The van der Waals surface area contributed by atoms with Crippen LogP contribution in [0.5, 0.6) is 0 Å². The van der Waals surface area contributed by atoms with Gasteiger partial charge in [0.15, 0.2) is 0 Å². The molecule has 0 fully saturated rings. The Morgan fingerprint density at radius 2 is 2.62 bits per heavy atom. The highest BCUT2D eigenvalue weighted by atomic mass is 16.5. The maximum Gasteiger partial charge on any atom is 0.145 e. The molecule has 44 valence electrons. The molecule has 0 bridgehead atoms. The normalized spacial score (nSPS) is 17.6. The van der Waals surface area contributed by atoms with E-state index in [1.807, 2.05) is 0 Å². The lowest BCUT2D eigenvalue weighted by Crippen LogP contribution is -1.87. The van der Waals surface area contributed by atoms with Crippen LogP contribution in [0, 0.1) is 0 Å². The minimum absolute atomic E-state index is 0.537. The predicted octanol–water partition coefficient (Wildman–Crippen LogP) is 1.06. The van der Waals surface area contributed by atoms with Gasteiger partial charge in [-0.15, -0.1) is 0 Å². The van der Waals surface area contributed by atoms with E-state index in [-0.39, 0.29) is 0 Å². The summed E-state index contributed by atoms with van der Waals surface area (Å²) in [7, 11) is 1.62. The van der Waals surface area contributed by atoms with Crippen LogP contribution in [0.3, 0.4) is 0 Å². The molecule has 8 heavy (non-hydrogen) atoms. The van der Waals surface area contributed by atoms with Crippen molar-refractivity contribution in [2.75, 3.05) is 13.7 Å². The number of hydrogen-bond acceptors (Lipinski definition) is 2. The van der Waals surface area contributed by atoms with E-state index in [0.717, 1.165) is 5.76 Å². The van der Waals surface area contributed by atoms with E-state index in [0.29, 0.717) is 12.4 Å². The summed E-state index contributed by atoms with van der Waals surface area (Å²) in [6, 6.07) is 0. The second kappa shape index (κ2) is 1.90. The van der Waals surface area contributed by atoms with Gasteiger partial charge in [0.1, 0.15) is 18.1 Å². The smallest absolute Gasteiger partial charge is 0.145 e. The average molecular weight is 112 g/mol. The number of methoxy groups -OCH3 is 1. The fourth-order valence-electron chi connectivity index (χ4n) is 0.545. The Bertz CT molecular complexity index is 135. The fourth-order valence-corrected chi connectivity index (χ4v) is 0.545. The minimum Gasteiger partial charge on any atom is -0.497 e. The van der Waals surface area contributed by atoms with Gasteiger partial charge in [-0.25, -0.2) is 0 Å². The molecule has 0 atom stereocenters. The van der Waals surface area contributed by atoms with Crippen molar-refractivity contribution < 1.29 is 9.47 Å². The number of allylic oxidation sites excluding steroid dienone is 1. The SMILES string of the molecule is C=C1C=C(OC)CO1. The van der Waals surface area contributed by atoms with Gasteiger partial charge < -0.3 is 9.47 Å². The standard InChI is InChI=1S/C6H8O2/c1-5-3-6(7-2)4-8-5/h3H,1,4H2,2H3. The van der Waals surface area contributed by atoms with Gasteiger partial charge in [0, 0.05) is 6.08 Å². The Morgan fingerprint density at radius 3 is 2.88 bits per heavy atom. The van der Waals surface area contributed by atoms with Crippen molar-refractivity contribution in [2.24, 2.45) is 0 Å². The Kier molecular flexibility index (Phi) is 1.24. The van der Waals surface area contributed by atoms with E-state index in [2.05, 4.69) is 6.58 Å². The van der Waals surface area contributed by atoms with Crippen molar-refractivity contribution in [3.63, 3.8) is 0 Å². The van der Waals surface area contributed by atoms with Gasteiger partial charge in [-0.1, -0.05) is 6.58 Å². The summed E-state index contributed by atoms with van der Waals surface area (Å²) >= 11 is 0. The molecule has 0 saturated heterocycles. The molecule has 0 aromatic carbocycles. The Labute approximate surface area is 48.4 Å². The summed E-state index contributed by atoms with van der Waals surface area (Å²) in [5, 5.41) is 0. The molecule has 1 aliphatic heterocycles. The van der Waals surface area contributed by atoms with E-state index in [1.54, 1.807) is 13.2 Å². The lowest BCUT2D eigenvalue weighted by molar-refractivity contribution is 0.203. The molecule has 0 saturated carbocycles. The minimum atomic E-state index is 0.537. The van der Waals surface area contributed by atoms with Crippen molar-refractivity contribution in [3.8, 4) is 0 Å². The molecule has 0 unspecified atom stereocenters. The van der Waals surface area contributed by atoms with Gasteiger partial charge in [0.25, 0.3) is 0 Å². The molecule has 0 aliphatic carbocycles. The maximum absolute atomic E-state index is 4.94. The molecular formula is C6H8O2. The van der Waals surface area contributed by atoms with Crippen LogP contribution in [0.2, 0.25) is 0 Å². The quantitative estimate of drug-likeness (QED) is 0.505. The first kappa shape index (κ1) is 5.22. The first-order chi connectivity index (χ1) is 3.83. The van der Waals surface area contributed by atoms with E-state index in [1.165, 1.54) is 0 Å². The first-order valence-electron chi connectivity index (χ1n) is 2.39. The van der Waals surface area contributed by atoms with Crippen LogP contribution in [-0.4, -0.2) is 13.7 Å². The van der Waals surface area contributed by atoms with Crippen LogP contribution in [0.1, 0.15) is 0 Å². The fraction of sp³-hybridized carbons (Fsp3) is 0.333. The number of ether oxygens (including phenoxy) is 2. The predicted molar refractivity (Wildman–Crippen MR) is 30.2 cm³/mol. The molecule has 1 aliphatic rings. The largest absolute Gasteiger partial charge is 0.497 e. The molecule has 0 aromatic rings. The van der Waals surface area contributed by atoms with E-state index in [4.69, 9.17) is 9.47 Å². The average Bonchev–Trinajstić information content (AvgIpc) is 2.14. The van der Waals surface area contributed by atoms with Crippen LogP contribution < -0.4 is 0 Å². The lowest BCUT2D eigenvalue weighted by Gasteiger charge is -1.94. The van der Waals surface area contributed by atoms with Gasteiger partial charge in [0.05, 0.1) is 7.11 Å². The van der Waals surface area contributed by atoms with E-state index in [9.17, 15) is 0 Å². The van der Waals surface area contributed by atoms with Crippen molar-refractivity contribution in [1.29, 1.82) is 0 Å². The highest BCUT2D eigenvalue weighted by molar-refractivity contribution is 5.17. The molecule has 2 heteroatoms. The summed E-state index contributed by atoms with van der Waals surface area (Å²) < 4.78 is 9.80. The lowest BCUT2D eigenvalue weighted by atomic mass is 10.5. The van der Waals surface area contributed by atoms with Gasteiger partial charge in [-0.2, -0.15) is 0 Å². The third kappa shape index (κ3) is 0.832. The van der Waals surface area contributed by atoms with Crippen molar-refractivity contribution >= 4 is 0 Å². The van der Waals surface area contributed by atoms with Crippen molar-refractivity contribution in [3.05, 3.63) is 24.2 Å². The number of rotatable bonds is 1. The van der Waals surface area contributed by atoms with E-state index >= 15 is 0 Å². The second-order valence-corrected chi connectivity index (χ2v) is 1.57. The first-order valence-corrected chi connectivity index (χ1v) is 2.39. The molecule has 0 amide bonds. The number of hydrogen-bond donors (Lipinski definition) is 0. The summed E-state index contributed by atoms with van der Waals surface area (Å²) in [5.41, 5.74) is 0. The van der Waals surface area contributed by atoms with Crippen molar-refractivity contribution in [2.45, 2.75) is 0 Å². The molecule has 1 heterocycles. The molecule has 0 N–H and O–H groups in total. The zero-order valence-corrected chi connectivity index (χ0v) is 4.81. The van der Waals surface area contributed by atoms with Crippen molar-refractivity contribution in [1.82, 2.24) is 0 Å². The third-order valence-corrected chi connectivity index (χ3v) is 0.984. The van der Waals surface area contributed by atoms with Gasteiger partial charge >= 0.3 is 0 Å². The van der Waals surface area contributed by atoms with Crippen LogP contribution in [-0.2, 0) is 9.47 Å². The highest BCUT2D eigenvalue weighted by Crippen LogP contribution is 2.12. The van der Waals surface area contributed by atoms with Gasteiger partial charge in [-0.3, -0.25) is 0 Å². The Hall–Kier alpha value is -0.920. The second-order valence-electron chi connectivity index (χ2n) is 1.57. The molecule has 0 radical (unpaired) electrons. The summed E-state index contributed by atoms with van der Waals surface area (Å²) in [6.45, 7) is 4.11. The maximum atomic E-state index is 4.94. The molecule has 0 spiro atoms. The zero-order valence-electron chi connectivity index (χ0n) is 4.81. The van der Waals surface area contributed by atoms with E-state index < -0.39 is 0 Å². The zero-order chi connectivity index (χ0) is 5.98. The molecule has 0 aromatic heterocycles. The summed E-state index contributed by atoms with van der Waals surface area (Å²) in [6.07, 6.45) is 1.78. The van der Waals surface area contributed by atoms with Crippen LogP contribution >= 0.6 is 0 Å². The molecule has 2 nitrogen and oxygen atoms in total. The summed E-state index contributed by atoms with van der Waals surface area (Å²) in [5.74, 6) is 1.52. The third-order valence-electron chi connectivity index (χ3n) is 0.984. The van der Waals surface area contributed by atoms with Crippen LogP contribution in [0.15, 0.2) is 24.2 Å². The molecular weight excluding hydrogens is 104 g/mol. The van der Waals surface area contributed by atoms with Crippen LogP contribution in [0.25, 0.3) is 0 Å². The van der Waals surface area contributed by atoms with Gasteiger partial charge in [0.2, 0.25) is 0 Å². The monoisotopic (exact) mass is 112 g/mol.